The van der Waals surface area contributed by atoms with E-state index in [2.05, 4.69) is 16.0 Å². The second kappa shape index (κ2) is 10.4. The summed E-state index contributed by atoms with van der Waals surface area (Å²) in [4.78, 5) is 10.1. The monoisotopic (exact) mass is 204 g/mol. The highest BCUT2D eigenvalue weighted by Gasteiger charge is 1.93. The summed E-state index contributed by atoms with van der Waals surface area (Å²) in [6.07, 6.45) is 0. The molecule has 0 unspecified atom stereocenters. The lowest BCUT2D eigenvalue weighted by molar-refractivity contribution is -0.135. The topological polar surface area (TPSA) is 99.4 Å². The van der Waals surface area contributed by atoms with Gasteiger partial charge in [0.25, 0.3) is 0 Å². The molecule has 0 radical (unpaired) electrons. The number of carboxylic acids is 1. The summed E-state index contributed by atoms with van der Waals surface area (Å²) in [5, 5.41) is 17.4. The maximum absolute atomic E-state index is 10.1. The molecule has 0 heterocycles. The third-order valence-corrected chi connectivity index (χ3v) is 1.55. The molecule has 0 atom stereocenters. The molecule has 0 saturated carbocycles. The fourth-order valence-electron chi connectivity index (χ4n) is 0.901. The summed E-state index contributed by atoms with van der Waals surface area (Å²) >= 11 is 0. The van der Waals surface area contributed by atoms with E-state index in [1.54, 1.807) is 0 Å². The molecule has 84 valence electrons. The molecule has 0 fully saturated rings. The van der Waals surface area contributed by atoms with Gasteiger partial charge < -0.3 is 26.8 Å². The minimum Gasteiger partial charge on any atom is -0.480 e. The van der Waals surface area contributed by atoms with Crippen LogP contribution in [0.25, 0.3) is 0 Å². The molecule has 0 spiro atoms. The second-order valence-electron chi connectivity index (χ2n) is 2.86. The quantitative estimate of drug-likeness (QED) is 0.259. The predicted molar refractivity (Wildman–Crippen MR) is 55.3 cm³/mol. The van der Waals surface area contributed by atoms with Crippen molar-refractivity contribution in [2.45, 2.75) is 0 Å². The van der Waals surface area contributed by atoms with Crippen molar-refractivity contribution in [2.24, 2.45) is 5.73 Å². The molecular formula is C8H20N4O2. The maximum Gasteiger partial charge on any atom is 0.317 e. The largest absolute Gasteiger partial charge is 0.480 e. The first-order chi connectivity index (χ1) is 6.77. The van der Waals surface area contributed by atoms with Crippen molar-refractivity contribution in [3.63, 3.8) is 0 Å². The predicted octanol–water partition coefficient (Wildman–Crippen LogP) is -2.20. The average molecular weight is 204 g/mol. The Balaban J connectivity index is 2.88. The summed E-state index contributed by atoms with van der Waals surface area (Å²) in [5.74, 6) is -0.824. The van der Waals surface area contributed by atoms with Gasteiger partial charge in [-0.05, 0) is 0 Å². The molecular weight excluding hydrogens is 184 g/mol. The van der Waals surface area contributed by atoms with E-state index in [-0.39, 0.29) is 6.54 Å². The van der Waals surface area contributed by atoms with Gasteiger partial charge in [-0.2, -0.15) is 0 Å². The normalized spacial score (nSPS) is 10.4. The zero-order valence-electron chi connectivity index (χ0n) is 8.38. The van der Waals surface area contributed by atoms with Crippen molar-refractivity contribution in [1.82, 2.24) is 16.0 Å². The Hall–Kier alpha value is -0.690. The van der Waals surface area contributed by atoms with Gasteiger partial charge in [-0.3, -0.25) is 4.79 Å². The molecule has 0 saturated heterocycles. The minimum absolute atomic E-state index is 0.0209. The third-order valence-electron chi connectivity index (χ3n) is 1.55. The van der Waals surface area contributed by atoms with E-state index in [4.69, 9.17) is 10.8 Å². The van der Waals surface area contributed by atoms with Crippen LogP contribution in [0.4, 0.5) is 0 Å². The molecule has 0 aromatic carbocycles. The van der Waals surface area contributed by atoms with Crippen LogP contribution in [0.5, 0.6) is 0 Å². The summed E-state index contributed by atoms with van der Waals surface area (Å²) < 4.78 is 0. The number of nitrogens with one attached hydrogen (secondary N) is 3. The number of aliphatic carboxylic acids is 1. The molecule has 0 aliphatic rings. The van der Waals surface area contributed by atoms with Crippen LogP contribution < -0.4 is 21.7 Å². The first-order valence-corrected chi connectivity index (χ1v) is 4.81. The Kier molecular flexibility index (Phi) is 9.88. The fourth-order valence-corrected chi connectivity index (χ4v) is 0.901. The van der Waals surface area contributed by atoms with Gasteiger partial charge in [0.15, 0.2) is 0 Å². The molecule has 0 aromatic heterocycles. The highest BCUT2D eigenvalue weighted by atomic mass is 16.4. The molecule has 6 heteroatoms. The van der Waals surface area contributed by atoms with Crippen LogP contribution in [0.3, 0.4) is 0 Å². The van der Waals surface area contributed by atoms with Gasteiger partial charge in [-0.25, -0.2) is 0 Å². The number of hydrogen-bond donors (Lipinski definition) is 5. The first kappa shape index (κ1) is 13.3. The Labute approximate surface area is 84.2 Å². The number of carboxylic acid groups (broad SMARTS) is 1. The van der Waals surface area contributed by atoms with E-state index in [0.29, 0.717) is 13.1 Å². The van der Waals surface area contributed by atoms with Crippen LogP contribution in [0, 0.1) is 0 Å². The zero-order valence-corrected chi connectivity index (χ0v) is 8.38. The van der Waals surface area contributed by atoms with Crippen molar-refractivity contribution < 1.29 is 9.90 Å². The Morgan fingerprint density at radius 1 is 1.00 bits per heavy atom. The molecule has 0 aliphatic carbocycles. The van der Waals surface area contributed by atoms with E-state index >= 15 is 0 Å². The van der Waals surface area contributed by atoms with Crippen molar-refractivity contribution in [1.29, 1.82) is 0 Å². The van der Waals surface area contributed by atoms with E-state index < -0.39 is 5.97 Å². The van der Waals surface area contributed by atoms with E-state index in [9.17, 15) is 4.79 Å². The summed E-state index contributed by atoms with van der Waals surface area (Å²) in [5.41, 5.74) is 5.29. The minimum atomic E-state index is -0.824. The molecule has 0 amide bonds. The molecule has 6 nitrogen and oxygen atoms in total. The van der Waals surface area contributed by atoms with Crippen LogP contribution in [-0.2, 0) is 4.79 Å². The Morgan fingerprint density at radius 3 is 2.00 bits per heavy atom. The van der Waals surface area contributed by atoms with E-state index in [0.717, 1.165) is 26.2 Å². The van der Waals surface area contributed by atoms with Crippen molar-refractivity contribution >= 4 is 5.97 Å². The van der Waals surface area contributed by atoms with Crippen molar-refractivity contribution in [3.8, 4) is 0 Å². The highest BCUT2D eigenvalue weighted by molar-refractivity contribution is 5.68. The van der Waals surface area contributed by atoms with Gasteiger partial charge in [-0.15, -0.1) is 0 Å². The first-order valence-electron chi connectivity index (χ1n) is 4.81. The van der Waals surface area contributed by atoms with Crippen molar-refractivity contribution in [2.75, 3.05) is 45.8 Å². The van der Waals surface area contributed by atoms with Crippen LogP contribution in [-0.4, -0.2) is 56.9 Å². The molecule has 0 aliphatic heterocycles. The molecule has 0 rings (SSSR count). The summed E-state index contributed by atoms with van der Waals surface area (Å²) in [7, 11) is 0. The standard InChI is InChI=1S/C8H20N4O2/c9-1-2-10-3-4-11-5-6-12-7-8(13)14/h10-12H,1-7,9H2,(H,13,14). The lowest BCUT2D eigenvalue weighted by Crippen LogP contribution is -2.35. The molecule has 0 aromatic rings. The summed E-state index contributed by atoms with van der Waals surface area (Å²) in [6.45, 7) is 4.71. The molecule has 14 heavy (non-hydrogen) atoms. The summed E-state index contributed by atoms with van der Waals surface area (Å²) in [6, 6.07) is 0. The Bertz CT molecular complexity index is 143. The highest BCUT2D eigenvalue weighted by Crippen LogP contribution is 1.62. The lowest BCUT2D eigenvalue weighted by Gasteiger charge is -2.05. The average Bonchev–Trinajstić information content (AvgIpc) is 2.15. The van der Waals surface area contributed by atoms with Gasteiger partial charge in [0.2, 0.25) is 0 Å². The number of rotatable bonds is 10. The number of hydrogen-bond acceptors (Lipinski definition) is 5. The van der Waals surface area contributed by atoms with Crippen LogP contribution in [0.1, 0.15) is 0 Å². The van der Waals surface area contributed by atoms with Gasteiger partial charge in [0.1, 0.15) is 0 Å². The SMILES string of the molecule is NCCNCCNCCNCC(=O)O. The van der Waals surface area contributed by atoms with Gasteiger partial charge >= 0.3 is 5.97 Å². The van der Waals surface area contributed by atoms with Crippen LogP contribution in [0.2, 0.25) is 0 Å². The van der Waals surface area contributed by atoms with E-state index in [1.807, 2.05) is 0 Å². The second-order valence-corrected chi connectivity index (χ2v) is 2.86. The molecule has 6 N–H and O–H groups in total. The van der Waals surface area contributed by atoms with Gasteiger partial charge in [0, 0.05) is 39.3 Å². The lowest BCUT2D eigenvalue weighted by atomic mass is 10.5. The fraction of sp³-hybridized carbons (Fsp3) is 0.875. The van der Waals surface area contributed by atoms with Crippen LogP contribution in [0.15, 0.2) is 0 Å². The van der Waals surface area contributed by atoms with Gasteiger partial charge in [0.05, 0.1) is 6.54 Å². The third kappa shape index (κ3) is 11.3. The van der Waals surface area contributed by atoms with E-state index in [1.165, 1.54) is 0 Å². The molecule has 0 bridgehead atoms. The Morgan fingerprint density at radius 2 is 1.50 bits per heavy atom. The van der Waals surface area contributed by atoms with Crippen molar-refractivity contribution in [3.05, 3.63) is 0 Å². The smallest absolute Gasteiger partial charge is 0.317 e. The van der Waals surface area contributed by atoms with Crippen LogP contribution >= 0.6 is 0 Å². The van der Waals surface area contributed by atoms with Gasteiger partial charge in [-0.1, -0.05) is 0 Å². The maximum atomic E-state index is 10.1. The number of carbonyl (C=O) groups is 1. The number of nitrogens with two attached hydrogens (primary N) is 1. The zero-order chi connectivity index (χ0) is 10.6.